The average Bonchev–Trinajstić information content (AvgIpc) is 2.63. The van der Waals surface area contributed by atoms with Gasteiger partial charge < -0.3 is 5.32 Å². The lowest BCUT2D eigenvalue weighted by molar-refractivity contribution is 0.595. The maximum absolute atomic E-state index is 4.23. The number of nitrogens with zero attached hydrogens (tertiary/aromatic N) is 2. The highest BCUT2D eigenvalue weighted by Gasteiger charge is 2.01. The summed E-state index contributed by atoms with van der Waals surface area (Å²) in [4.78, 5) is 0. The zero-order chi connectivity index (χ0) is 10.4. The van der Waals surface area contributed by atoms with E-state index in [1.165, 1.54) is 5.56 Å². The topological polar surface area (TPSA) is 29.9 Å². The second kappa shape index (κ2) is 6.09. The van der Waals surface area contributed by atoms with E-state index in [1.807, 2.05) is 22.6 Å². The van der Waals surface area contributed by atoms with Gasteiger partial charge in [-0.3, -0.25) is 4.68 Å². The smallest absolute Gasteiger partial charge is 0.0534 e. The molecule has 1 atom stereocenters. The summed E-state index contributed by atoms with van der Waals surface area (Å²) >= 11 is 1.87. The van der Waals surface area contributed by atoms with Gasteiger partial charge in [0.15, 0.2) is 0 Å². The van der Waals surface area contributed by atoms with Crippen LogP contribution in [0.25, 0.3) is 0 Å². The first kappa shape index (κ1) is 11.6. The molecule has 1 aromatic rings. The largest absolute Gasteiger partial charge is 0.309 e. The molecule has 0 aliphatic carbocycles. The molecule has 4 heteroatoms. The third kappa shape index (κ3) is 3.72. The minimum absolute atomic E-state index is 0.565. The van der Waals surface area contributed by atoms with Crippen LogP contribution >= 0.6 is 11.8 Å². The first-order chi connectivity index (χ1) is 6.76. The van der Waals surface area contributed by atoms with Gasteiger partial charge in [0.1, 0.15) is 0 Å². The first-order valence-corrected chi connectivity index (χ1v) is 6.39. The number of rotatable bonds is 6. The van der Waals surface area contributed by atoms with Crippen molar-refractivity contribution in [2.24, 2.45) is 0 Å². The van der Waals surface area contributed by atoms with Crippen molar-refractivity contribution in [1.82, 2.24) is 15.1 Å². The Morgan fingerprint density at radius 2 is 2.43 bits per heavy atom. The quantitative estimate of drug-likeness (QED) is 0.780. The predicted octanol–water partition coefficient (Wildman–Crippen LogP) is 1.74. The molecule has 0 radical (unpaired) electrons. The van der Waals surface area contributed by atoms with Crippen LogP contribution in [0.4, 0.5) is 0 Å². The average molecular weight is 213 g/mol. The van der Waals surface area contributed by atoms with Crippen LogP contribution in [0, 0.1) is 0 Å². The summed E-state index contributed by atoms with van der Waals surface area (Å²) in [7, 11) is 0. The summed E-state index contributed by atoms with van der Waals surface area (Å²) < 4.78 is 1.95. The maximum atomic E-state index is 4.23. The second-order valence-corrected chi connectivity index (χ2v) is 4.35. The molecule has 1 N–H and O–H groups in total. The number of hydrogen-bond donors (Lipinski definition) is 1. The van der Waals surface area contributed by atoms with E-state index in [0.29, 0.717) is 6.04 Å². The number of hydrogen-bond acceptors (Lipinski definition) is 3. The third-order valence-corrected chi connectivity index (χ3v) is 2.92. The van der Waals surface area contributed by atoms with Gasteiger partial charge in [-0.2, -0.15) is 16.9 Å². The van der Waals surface area contributed by atoms with Crippen LogP contribution in [-0.2, 0) is 13.1 Å². The Morgan fingerprint density at radius 1 is 1.64 bits per heavy atom. The molecule has 0 spiro atoms. The minimum Gasteiger partial charge on any atom is -0.309 e. The summed E-state index contributed by atoms with van der Waals surface area (Å²) in [5.74, 6) is 1.15. The van der Waals surface area contributed by atoms with Gasteiger partial charge >= 0.3 is 0 Å². The van der Waals surface area contributed by atoms with Gasteiger partial charge in [-0.1, -0.05) is 0 Å². The standard InChI is InChI=1S/C10H19N3S/c1-4-13-7-10(6-12-13)5-11-9(2)8-14-3/h6-7,9,11H,4-5,8H2,1-3H3. The molecule has 0 aliphatic heterocycles. The monoisotopic (exact) mass is 213 g/mol. The van der Waals surface area contributed by atoms with E-state index in [9.17, 15) is 0 Å². The molecule has 80 valence electrons. The minimum atomic E-state index is 0.565. The normalized spacial score (nSPS) is 13.1. The fourth-order valence-corrected chi connectivity index (χ4v) is 1.89. The highest BCUT2D eigenvalue weighted by molar-refractivity contribution is 7.98. The summed E-state index contributed by atoms with van der Waals surface area (Å²) in [5.41, 5.74) is 1.26. The molecule has 1 unspecified atom stereocenters. The molecule has 0 fully saturated rings. The highest BCUT2D eigenvalue weighted by Crippen LogP contribution is 2.00. The van der Waals surface area contributed by atoms with Crippen LogP contribution < -0.4 is 5.32 Å². The van der Waals surface area contributed by atoms with Crippen molar-refractivity contribution >= 4 is 11.8 Å². The van der Waals surface area contributed by atoms with Crippen molar-refractivity contribution in [3.05, 3.63) is 18.0 Å². The van der Waals surface area contributed by atoms with Crippen LogP contribution in [0.15, 0.2) is 12.4 Å². The second-order valence-electron chi connectivity index (χ2n) is 3.44. The molecule has 1 heterocycles. The van der Waals surface area contributed by atoms with E-state index in [2.05, 4.69) is 36.7 Å². The van der Waals surface area contributed by atoms with Crippen molar-refractivity contribution in [3.8, 4) is 0 Å². The molecular formula is C10H19N3S. The van der Waals surface area contributed by atoms with E-state index >= 15 is 0 Å². The van der Waals surface area contributed by atoms with Crippen molar-refractivity contribution in [1.29, 1.82) is 0 Å². The van der Waals surface area contributed by atoms with Crippen LogP contribution in [-0.4, -0.2) is 27.8 Å². The molecule has 1 aromatic heterocycles. The van der Waals surface area contributed by atoms with Gasteiger partial charge in [-0.25, -0.2) is 0 Å². The van der Waals surface area contributed by atoms with Gasteiger partial charge in [-0.15, -0.1) is 0 Å². The van der Waals surface area contributed by atoms with Gasteiger partial charge in [0.05, 0.1) is 6.20 Å². The molecule has 3 nitrogen and oxygen atoms in total. The van der Waals surface area contributed by atoms with Crippen LogP contribution in [0.2, 0.25) is 0 Å². The summed E-state index contributed by atoms with van der Waals surface area (Å²) in [5, 5.41) is 7.69. The Labute approximate surface area is 90.3 Å². The number of aromatic nitrogens is 2. The molecule has 0 saturated heterocycles. The van der Waals surface area contributed by atoms with E-state index in [1.54, 1.807) is 0 Å². The number of nitrogens with one attached hydrogen (secondary N) is 1. The van der Waals surface area contributed by atoms with Crippen molar-refractivity contribution < 1.29 is 0 Å². The lowest BCUT2D eigenvalue weighted by atomic mass is 10.3. The van der Waals surface area contributed by atoms with Crippen molar-refractivity contribution in [2.75, 3.05) is 12.0 Å². The third-order valence-electron chi connectivity index (χ3n) is 2.08. The van der Waals surface area contributed by atoms with Crippen molar-refractivity contribution in [2.45, 2.75) is 33.0 Å². The molecule has 0 bridgehead atoms. The Hall–Kier alpha value is -0.480. The molecular weight excluding hydrogens is 194 g/mol. The van der Waals surface area contributed by atoms with Gasteiger partial charge in [0.25, 0.3) is 0 Å². The Balaban J connectivity index is 2.30. The number of thioether (sulfide) groups is 1. The molecule has 14 heavy (non-hydrogen) atoms. The lowest BCUT2D eigenvalue weighted by Crippen LogP contribution is -2.27. The molecule has 0 saturated carbocycles. The Kier molecular flexibility index (Phi) is 5.04. The van der Waals surface area contributed by atoms with E-state index in [4.69, 9.17) is 0 Å². The highest BCUT2D eigenvalue weighted by atomic mass is 32.2. The number of aryl methyl sites for hydroxylation is 1. The summed E-state index contributed by atoms with van der Waals surface area (Å²) in [6.07, 6.45) is 6.16. The van der Waals surface area contributed by atoms with E-state index in [0.717, 1.165) is 18.8 Å². The SMILES string of the molecule is CCn1cc(CNC(C)CSC)cn1. The van der Waals surface area contributed by atoms with Crippen LogP contribution in [0.3, 0.4) is 0 Å². The van der Waals surface area contributed by atoms with Gasteiger partial charge in [-0.05, 0) is 20.1 Å². The van der Waals surface area contributed by atoms with Gasteiger partial charge in [0, 0.05) is 36.6 Å². The summed E-state index contributed by atoms with van der Waals surface area (Å²) in [6.45, 7) is 6.17. The van der Waals surface area contributed by atoms with Gasteiger partial charge in [0.2, 0.25) is 0 Å². The van der Waals surface area contributed by atoms with Crippen LogP contribution in [0.5, 0.6) is 0 Å². The fraction of sp³-hybridized carbons (Fsp3) is 0.700. The predicted molar refractivity (Wildman–Crippen MR) is 62.6 cm³/mol. The first-order valence-electron chi connectivity index (χ1n) is 5.00. The molecule has 0 aromatic carbocycles. The maximum Gasteiger partial charge on any atom is 0.0534 e. The zero-order valence-electron chi connectivity index (χ0n) is 9.16. The lowest BCUT2D eigenvalue weighted by Gasteiger charge is -2.10. The van der Waals surface area contributed by atoms with E-state index < -0.39 is 0 Å². The van der Waals surface area contributed by atoms with Crippen molar-refractivity contribution in [3.63, 3.8) is 0 Å². The Morgan fingerprint density at radius 3 is 3.00 bits per heavy atom. The van der Waals surface area contributed by atoms with E-state index in [-0.39, 0.29) is 0 Å². The molecule has 1 rings (SSSR count). The zero-order valence-corrected chi connectivity index (χ0v) is 9.97. The Bertz CT molecular complexity index is 260. The summed E-state index contributed by atoms with van der Waals surface area (Å²) in [6, 6.07) is 0.565. The molecule has 0 aliphatic rings. The fourth-order valence-electron chi connectivity index (χ4n) is 1.27. The van der Waals surface area contributed by atoms with Crippen LogP contribution in [0.1, 0.15) is 19.4 Å². The molecule has 0 amide bonds.